The molecular weight excluding hydrogens is 261 g/mol. The summed E-state index contributed by atoms with van der Waals surface area (Å²) in [5.41, 5.74) is -1.29. The van der Waals surface area contributed by atoms with Gasteiger partial charge in [-0.3, -0.25) is 0 Å². The number of hydrogen-bond donors (Lipinski definition) is 0. The lowest BCUT2D eigenvalue weighted by molar-refractivity contribution is 0.149. The van der Waals surface area contributed by atoms with Crippen LogP contribution in [0.2, 0.25) is 0 Å². The van der Waals surface area contributed by atoms with Gasteiger partial charge < -0.3 is 0 Å². The molecule has 0 saturated carbocycles. The molecule has 74 valence electrons. The molecule has 0 atom stereocenters. The van der Waals surface area contributed by atoms with Crippen molar-refractivity contribution in [1.29, 1.82) is 5.26 Å². The first kappa shape index (κ1) is 11.0. The molecule has 0 unspecified atom stereocenters. The summed E-state index contributed by atoms with van der Waals surface area (Å²) in [6, 6.07) is 1.50. The highest BCUT2D eigenvalue weighted by atomic mass is 79.9. The van der Waals surface area contributed by atoms with E-state index in [2.05, 4.69) is 20.9 Å². The van der Waals surface area contributed by atoms with Gasteiger partial charge in [-0.05, 0) is 0 Å². The Balaban J connectivity index is 3.46. The fraction of sp³-hybridized carbons (Fsp3) is 0.250. The number of nitriles is 1. The third-order valence-corrected chi connectivity index (χ3v) is 2.19. The zero-order valence-corrected chi connectivity index (χ0v) is 8.35. The smallest absolute Gasteiger partial charge is 0.242 e. The number of aromatic nitrogens is 1. The van der Waals surface area contributed by atoms with Crippen LogP contribution in [0.15, 0.2) is 6.20 Å². The summed E-state index contributed by atoms with van der Waals surface area (Å²) >= 11 is 2.88. The van der Waals surface area contributed by atoms with Gasteiger partial charge in [-0.1, -0.05) is 15.9 Å². The van der Waals surface area contributed by atoms with E-state index in [1.807, 2.05) is 0 Å². The van der Waals surface area contributed by atoms with Gasteiger partial charge in [0.2, 0.25) is 0 Å². The van der Waals surface area contributed by atoms with Crippen LogP contribution in [0, 0.1) is 17.1 Å². The minimum atomic E-state index is -2.90. The summed E-state index contributed by atoms with van der Waals surface area (Å²) < 4.78 is 37.9. The van der Waals surface area contributed by atoms with Crippen LogP contribution in [-0.2, 0) is 5.33 Å². The second kappa shape index (κ2) is 4.42. The van der Waals surface area contributed by atoms with Crippen LogP contribution in [0.1, 0.15) is 23.2 Å². The van der Waals surface area contributed by atoms with E-state index in [1.165, 1.54) is 6.07 Å². The zero-order chi connectivity index (χ0) is 10.7. The SMILES string of the molecule is N#Cc1ncc(F)c(CBr)c1C(F)F. The van der Waals surface area contributed by atoms with Gasteiger partial charge in [0.25, 0.3) is 6.43 Å². The molecule has 0 N–H and O–H groups in total. The first-order chi connectivity index (χ1) is 6.61. The standard InChI is InChI=1S/C8H4BrF3N2/c9-1-4-5(10)3-14-6(2-13)7(4)8(11)12/h3,8H,1H2. The second-order valence-corrected chi connectivity index (χ2v) is 2.95. The highest BCUT2D eigenvalue weighted by Crippen LogP contribution is 2.28. The quantitative estimate of drug-likeness (QED) is 0.771. The van der Waals surface area contributed by atoms with Gasteiger partial charge in [0.05, 0.1) is 11.8 Å². The van der Waals surface area contributed by atoms with Crippen molar-refractivity contribution in [3.63, 3.8) is 0 Å². The van der Waals surface area contributed by atoms with Gasteiger partial charge in [-0.25, -0.2) is 18.2 Å². The highest BCUT2D eigenvalue weighted by molar-refractivity contribution is 9.08. The lowest BCUT2D eigenvalue weighted by Crippen LogP contribution is -2.02. The third kappa shape index (κ3) is 1.87. The average molecular weight is 265 g/mol. The molecule has 0 spiro atoms. The Bertz CT molecular complexity index is 387. The van der Waals surface area contributed by atoms with Crippen molar-refractivity contribution in [3.8, 4) is 6.07 Å². The van der Waals surface area contributed by atoms with Gasteiger partial charge in [0.15, 0.2) is 0 Å². The van der Waals surface area contributed by atoms with Crippen LogP contribution in [0.25, 0.3) is 0 Å². The fourth-order valence-electron chi connectivity index (χ4n) is 1.00. The van der Waals surface area contributed by atoms with E-state index in [-0.39, 0.29) is 10.9 Å². The Morgan fingerprint density at radius 1 is 1.57 bits per heavy atom. The number of alkyl halides is 3. The van der Waals surface area contributed by atoms with Gasteiger partial charge in [-0.2, -0.15) is 5.26 Å². The molecule has 0 aliphatic heterocycles. The minimum absolute atomic E-state index is 0.0737. The van der Waals surface area contributed by atoms with Gasteiger partial charge in [-0.15, -0.1) is 0 Å². The molecule has 0 amide bonds. The first-order valence-corrected chi connectivity index (χ1v) is 4.65. The van der Waals surface area contributed by atoms with Crippen molar-refractivity contribution in [2.45, 2.75) is 11.8 Å². The molecule has 0 radical (unpaired) electrons. The van der Waals surface area contributed by atoms with Crippen LogP contribution in [0.3, 0.4) is 0 Å². The van der Waals surface area contributed by atoms with E-state index in [9.17, 15) is 13.2 Å². The molecule has 1 aromatic heterocycles. The van der Waals surface area contributed by atoms with Crippen LogP contribution in [0.4, 0.5) is 13.2 Å². The molecule has 0 aromatic carbocycles. The van der Waals surface area contributed by atoms with E-state index < -0.39 is 23.5 Å². The van der Waals surface area contributed by atoms with E-state index in [0.717, 1.165) is 6.20 Å². The largest absolute Gasteiger partial charge is 0.267 e. The van der Waals surface area contributed by atoms with Crippen molar-refractivity contribution in [3.05, 3.63) is 28.8 Å². The molecule has 6 heteroatoms. The average Bonchev–Trinajstić information content (AvgIpc) is 2.17. The van der Waals surface area contributed by atoms with Crippen molar-refractivity contribution >= 4 is 15.9 Å². The molecule has 0 aliphatic carbocycles. The summed E-state index contributed by atoms with van der Waals surface area (Å²) in [4.78, 5) is 3.29. The first-order valence-electron chi connectivity index (χ1n) is 3.53. The molecule has 1 aromatic rings. The normalized spacial score (nSPS) is 10.3. The van der Waals surface area contributed by atoms with Crippen LogP contribution < -0.4 is 0 Å². The zero-order valence-electron chi connectivity index (χ0n) is 6.77. The Morgan fingerprint density at radius 3 is 2.64 bits per heavy atom. The summed E-state index contributed by atoms with van der Waals surface area (Å²) in [6.45, 7) is 0. The Hall–Kier alpha value is -1.09. The van der Waals surface area contributed by atoms with E-state index in [1.54, 1.807) is 0 Å². The van der Waals surface area contributed by atoms with E-state index in [4.69, 9.17) is 5.26 Å². The third-order valence-electron chi connectivity index (χ3n) is 1.63. The van der Waals surface area contributed by atoms with E-state index in [0.29, 0.717) is 0 Å². The summed E-state index contributed by atoms with van der Waals surface area (Å²) in [6.07, 6.45) is -2.14. The summed E-state index contributed by atoms with van der Waals surface area (Å²) in [7, 11) is 0. The number of hydrogen-bond acceptors (Lipinski definition) is 2. The second-order valence-electron chi connectivity index (χ2n) is 2.39. The van der Waals surface area contributed by atoms with E-state index >= 15 is 0 Å². The number of rotatable bonds is 2. The molecule has 2 nitrogen and oxygen atoms in total. The topological polar surface area (TPSA) is 36.7 Å². The monoisotopic (exact) mass is 264 g/mol. The van der Waals surface area contributed by atoms with Crippen molar-refractivity contribution in [1.82, 2.24) is 4.98 Å². The van der Waals surface area contributed by atoms with Crippen molar-refractivity contribution in [2.24, 2.45) is 0 Å². The van der Waals surface area contributed by atoms with Crippen LogP contribution >= 0.6 is 15.9 Å². The predicted octanol–water partition coefficient (Wildman–Crippen LogP) is 2.92. The summed E-state index contributed by atoms with van der Waals surface area (Å²) in [5, 5.41) is 8.42. The maximum Gasteiger partial charge on any atom is 0.267 e. The predicted molar refractivity (Wildman–Crippen MR) is 46.5 cm³/mol. The van der Waals surface area contributed by atoms with Crippen molar-refractivity contribution < 1.29 is 13.2 Å². The minimum Gasteiger partial charge on any atom is -0.242 e. The molecule has 0 saturated heterocycles. The Kier molecular flexibility index (Phi) is 3.47. The Labute approximate surface area is 86.5 Å². The molecule has 0 fully saturated rings. The molecule has 0 bridgehead atoms. The molecular formula is C8H4BrF3N2. The van der Waals surface area contributed by atoms with Crippen LogP contribution in [-0.4, -0.2) is 4.98 Å². The lowest BCUT2D eigenvalue weighted by Gasteiger charge is -2.07. The number of pyridine rings is 1. The molecule has 1 rings (SSSR count). The fourth-order valence-corrected chi connectivity index (χ4v) is 1.57. The molecule has 14 heavy (non-hydrogen) atoms. The van der Waals surface area contributed by atoms with Crippen molar-refractivity contribution in [2.75, 3.05) is 0 Å². The summed E-state index contributed by atoms with van der Waals surface area (Å²) in [5.74, 6) is -0.837. The number of nitrogens with zero attached hydrogens (tertiary/aromatic N) is 2. The highest BCUT2D eigenvalue weighted by Gasteiger charge is 2.21. The maximum absolute atomic E-state index is 13.0. The lowest BCUT2D eigenvalue weighted by atomic mass is 10.1. The molecule has 0 aliphatic rings. The maximum atomic E-state index is 13.0. The van der Waals surface area contributed by atoms with Crippen LogP contribution in [0.5, 0.6) is 0 Å². The van der Waals surface area contributed by atoms with Gasteiger partial charge in [0, 0.05) is 10.9 Å². The van der Waals surface area contributed by atoms with Gasteiger partial charge in [0.1, 0.15) is 17.6 Å². The van der Waals surface area contributed by atoms with Gasteiger partial charge >= 0.3 is 0 Å². The Morgan fingerprint density at radius 2 is 2.21 bits per heavy atom. The molecule has 1 heterocycles. The number of halogens is 4.